The molecule has 38 heavy (non-hydrogen) atoms. The van der Waals surface area contributed by atoms with Crippen LogP contribution in [-0.2, 0) is 16.2 Å². The van der Waals surface area contributed by atoms with E-state index in [9.17, 15) is 18.8 Å². The molecular formula is C27H21ClFIN2O5S. The molecule has 4 rings (SSSR count). The lowest BCUT2D eigenvalue weighted by Crippen LogP contribution is -2.36. The Morgan fingerprint density at radius 1 is 1.13 bits per heavy atom. The van der Waals surface area contributed by atoms with E-state index in [1.54, 1.807) is 54.6 Å². The first kappa shape index (κ1) is 27.9. The number of benzene rings is 3. The first-order valence-corrected chi connectivity index (χ1v) is 13.7. The summed E-state index contributed by atoms with van der Waals surface area (Å²) in [5.41, 5.74) is 1.81. The fraction of sp³-hybridized carbons (Fsp3) is 0.148. The van der Waals surface area contributed by atoms with Gasteiger partial charge < -0.3 is 14.8 Å². The van der Waals surface area contributed by atoms with E-state index in [-0.39, 0.29) is 17.3 Å². The smallest absolute Gasteiger partial charge is 0.294 e. The highest BCUT2D eigenvalue weighted by molar-refractivity contribution is 14.1. The summed E-state index contributed by atoms with van der Waals surface area (Å²) < 4.78 is 25.6. The molecule has 3 aromatic carbocycles. The third-order valence-corrected chi connectivity index (χ3v) is 7.29. The monoisotopic (exact) mass is 666 g/mol. The zero-order chi connectivity index (χ0) is 27.2. The third kappa shape index (κ3) is 6.86. The molecule has 1 aliphatic rings. The number of carbonyl (C=O) groups is 3. The number of hydrogen-bond acceptors (Lipinski definition) is 6. The molecule has 0 saturated carbocycles. The van der Waals surface area contributed by atoms with Gasteiger partial charge in [0, 0.05) is 0 Å². The topological polar surface area (TPSA) is 84.9 Å². The van der Waals surface area contributed by atoms with E-state index in [2.05, 4.69) is 27.9 Å². The Hall–Kier alpha value is -3.09. The Morgan fingerprint density at radius 2 is 1.87 bits per heavy atom. The van der Waals surface area contributed by atoms with Crippen LogP contribution in [0.4, 0.5) is 14.9 Å². The Labute approximate surface area is 241 Å². The van der Waals surface area contributed by atoms with Gasteiger partial charge in [0.25, 0.3) is 11.1 Å². The van der Waals surface area contributed by atoms with Crippen molar-refractivity contribution in [3.8, 4) is 11.5 Å². The van der Waals surface area contributed by atoms with E-state index in [1.165, 1.54) is 12.1 Å². The lowest BCUT2D eigenvalue weighted by molar-refractivity contribution is -0.127. The zero-order valence-corrected chi connectivity index (χ0v) is 23.7. The van der Waals surface area contributed by atoms with E-state index in [0.717, 1.165) is 25.8 Å². The fourth-order valence-corrected chi connectivity index (χ4v) is 5.30. The van der Waals surface area contributed by atoms with Crippen LogP contribution in [0.3, 0.4) is 0 Å². The molecule has 11 heteroatoms. The number of carbonyl (C=O) groups excluding carboxylic acids is 3. The van der Waals surface area contributed by atoms with E-state index in [4.69, 9.17) is 21.1 Å². The molecule has 7 nitrogen and oxygen atoms in total. The molecule has 0 aromatic heterocycles. The molecule has 0 aliphatic carbocycles. The van der Waals surface area contributed by atoms with Crippen molar-refractivity contribution in [3.05, 3.63) is 91.1 Å². The summed E-state index contributed by atoms with van der Waals surface area (Å²) in [4.78, 5) is 39.0. The minimum atomic E-state index is -0.570. The number of nitrogens with one attached hydrogen (secondary N) is 1. The maximum Gasteiger partial charge on any atom is 0.294 e. The van der Waals surface area contributed by atoms with Gasteiger partial charge >= 0.3 is 0 Å². The summed E-state index contributed by atoms with van der Waals surface area (Å²) in [6.07, 6.45) is 1.57. The Balaban J connectivity index is 1.49. The molecule has 3 amide bonds. The lowest BCUT2D eigenvalue weighted by Gasteiger charge is -2.15. The predicted molar refractivity (Wildman–Crippen MR) is 154 cm³/mol. The number of amides is 3. The van der Waals surface area contributed by atoms with Crippen molar-refractivity contribution >= 4 is 74.8 Å². The second-order valence-corrected chi connectivity index (χ2v) is 10.5. The van der Waals surface area contributed by atoms with Crippen molar-refractivity contribution in [2.75, 3.05) is 18.5 Å². The van der Waals surface area contributed by atoms with Crippen molar-refractivity contribution in [2.24, 2.45) is 0 Å². The minimum Gasteiger partial charge on any atom is -0.490 e. The van der Waals surface area contributed by atoms with Crippen LogP contribution in [0.2, 0.25) is 5.02 Å². The van der Waals surface area contributed by atoms with Gasteiger partial charge in [-0.3, -0.25) is 19.3 Å². The number of imide groups is 1. The maximum atomic E-state index is 13.2. The second-order valence-electron chi connectivity index (χ2n) is 7.97. The molecule has 1 saturated heterocycles. The van der Waals surface area contributed by atoms with Crippen LogP contribution in [0.1, 0.15) is 18.1 Å². The zero-order valence-electron chi connectivity index (χ0n) is 20.0. The first-order chi connectivity index (χ1) is 18.2. The summed E-state index contributed by atoms with van der Waals surface area (Å²) in [6, 6.07) is 16.2. The summed E-state index contributed by atoms with van der Waals surface area (Å²) in [5, 5.41) is 2.41. The molecule has 196 valence electrons. The predicted octanol–water partition coefficient (Wildman–Crippen LogP) is 6.74. The number of ether oxygens (including phenoxy) is 2. The Bertz CT molecular complexity index is 1420. The van der Waals surface area contributed by atoms with Crippen LogP contribution in [0.15, 0.2) is 65.6 Å². The quantitative estimate of drug-likeness (QED) is 0.201. The second kappa shape index (κ2) is 12.6. The molecular weight excluding hydrogens is 646 g/mol. The van der Waals surface area contributed by atoms with Crippen molar-refractivity contribution in [3.63, 3.8) is 0 Å². The SMILES string of the molecule is CCOc1cc(/C=C2/SC(=O)N(CC(=O)Nc3ccccc3Cl)C2=O)cc(I)c1OCc1ccc(F)cc1. The number of thioether (sulfide) groups is 1. The van der Waals surface area contributed by atoms with Gasteiger partial charge in [0.2, 0.25) is 5.91 Å². The van der Waals surface area contributed by atoms with Gasteiger partial charge in [-0.1, -0.05) is 35.9 Å². The molecule has 1 heterocycles. The Kier molecular flexibility index (Phi) is 9.29. The van der Waals surface area contributed by atoms with Crippen LogP contribution in [0, 0.1) is 9.39 Å². The summed E-state index contributed by atoms with van der Waals surface area (Å²) in [5.74, 6) is -0.464. The van der Waals surface area contributed by atoms with Crippen molar-refractivity contribution < 1.29 is 28.2 Å². The molecule has 0 atom stereocenters. The highest BCUT2D eigenvalue weighted by atomic mass is 127. The van der Waals surface area contributed by atoms with Gasteiger partial charge in [-0.25, -0.2) is 4.39 Å². The molecule has 3 aromatic rings. The van der Waals surface area contributed by atoms with Crippen LogP contribution in [0.5, 0.6) is 11.5 Å². The van der Waals surface area contributed by atoms with Crippen molar-refractivity contribution in [1.29, 1.82) is 0 Å². The standard InChI is InChI=1S/C27H21ClFIN2O5S/c1-2-36-22-12-17(11-20(30)25(22)37-15-16-7-9-18(29)10-8-16)13-23-26(34)32(27(35)38-23)14-24(33)31-21-6-4-3-5-19(21)28/h3-13H,2,14-15H2,1H3,(H,31,33)/b23-13+. The van der Waals surface area contributed by atoms with E-state index in [0.29, 0.717) is 34.4 Å². The van der Waals surface area contributed by atoms with Crippen LogP contribution in [0.25, 0.3) is 6.08 Å². The number of para-hydroxylation sites is 1. The summed E-state index contributed by atoms with van der Waals surface area (Å²) >= 11 is 8.92. The largest absolute Gasteiger partial charge is 0.490 e. The third-order valence-electron chi connectivity index (χ3n) is 5.25. The van der Waals surface area contributed by atoms with Crippen LogP contribution in [-0.4, -0.2) is 35.1 Å². The molecule has 1 fully saturated rings. The summed E-state index contributed by atoms with van der Waals surface area (Å²) in [7, 11) is 0. The fourth-order valence-electron chi connectivity index (χ4n) is 3.49. The number of nitrogens with zero attached hydrogens (tertiary/aromatic N) is 1. The average molecular weight is 667 g/mol. The van der Waals surface area contributed by atoms with E-state index >= 15 is 0 Å². The normalized spacial score (nSPS) is 14.2. The number of anilines is 1. The van der Waals surface area contributed by atoms with Crippen molar-refractivity contribution in [2.45, 2.75) is 13.5 Å². The average Bonchev–Trinajstić information content (AvgIpc) is 3.13. The van der Waals surface area contributed by atoms with E-state index < -0.39 is 23.6 Å². The summed E-state index contributed by atoms with van der Waals surface area (Å²) in [6.45, 7) is 1.99. The van der Waals surface area contributed by atoms with Gasteiger partial charge in [-0.15, -0.1) is 0 Å². The van der Waals surface area contributed by atoms with Gasteiger partial charge in [-0.05, 0) is 94.9 Å². The van der Waals surface area contributed by atoms with Crippen LogP contribution >= 0.6 is 46.0 Å². The molecule has 1 N–H and O–H groups in total. The van der Waals surface area contributed by atoms with Gasteiger partial charge in [-0.2, -0.15) is 0 Å². The molecule has 1 aliphatic heterocycles. The van der Waals surface area contributed by atoms with Gasteiger partial charge in [0.1, 0.15) is 19.0 Å². The maximum absolute atomic E-state index is 13.2. The van der Waals surface area contributed by atoms with Crippen LogP contribution < -0.4 is 14.8 Å². The number of rotatable bonds is 9. The van der Waals surface area contributed by atoms with E-state index in [1.807, 2.05) is 6.92 Å². The van der Waals surface area contributed by atoms with Crippen molar-refractivity contribution in [1.82, 2.24) is 4.90 Å². The minimum absolute atomic E-state index is 0.179. The highest BCUT2D eigenvalue weighted by Crippen LogP contribution is 2.38. The van der Waals surface area contributed by atoms with Gasteiger partial charge in [0.05, 0.1) is 25.8 Å². The number of halogens is 3. The first-order valence-electron chi connectivity index (χ1n) is 11.4. The molecule has 0 unspecified atom stereocenters. The van der Waals surface area contributed by atoms with Gasteiger partial charge in [0.15, 0.2) is 11.5 Å². The Morgan fingerprint density at radius 3 is 2.58 bits per heavy atom. The highest BCUT2D eigenvalue weighted by Gasteiger charge is 2.36. The molecule has 0 spiro atoms. The molecule has 0 bridgehead atoms. The number of hydrogen-bond donors (Lipinski definition) is 1. The lowest BCUT2D eigenvalue weighted by atomic mass is 10.1. The molecule has 0 radical (unpaired) electrons.